The van der Waals surface area contributed by atoms with Crippen LogP contribution in [0.3, 0.4) is 0 Å². The fourth-order valence-corrected chi connectivity index (χ4v) is 0.236. The Balaban J connectivity index is 0. The van der Waals surface area contributed by atoms with Crippen molar-refractivity contribution in [1.29, 1.82) is 0 Å². The minimum Gasteiger partial charge on any atom is -0.545 e. The molecule has 0 aromatic rings. The predicted octanol–water partition coefficient (Wildman–Crippen LogP) is -2.95. The van der Waals surface area contributed by atoms with Crippen molar-refractivity contribution in [2.75, 3.05) is 0 Å². The molecule has 0 heterocycles. The summed E-state index contributed by atoms with van der Waals surface area (Å²) in [6, 6.07) is 0. The quantitative estimate of drug-likeness (QED) is 0.313. The predicted molar refractivity (Wildman–Crippen MR) is 29.5 cm³/mol. The summed E-state index contributed by atoms with van der Waals surface area (Å²) < 4.78 is 0. The number of hydrogen-bond donors (Lipinski definition) is 0. The molecule has 0 bridgehead atoms. The Bertz CT molecular complexity index is 172. The molecule has 10 heavy (non-hydrogen) atoms. The van der Waals surface area contributed by atoms with Gasteiger partial charge in [0.05, 0.1) is 11.9 Å². The van der Waals surface area contributed by atoms with Crippen LogP contribution < -0.4 is 10.2 Å². The standard InChI is InChI=1S/C5H6O4.Mg/c1-3(5(8)9)2-4(6)7;/h2H,1H3,(H,6,7)(H,8,9);/q;+2/p-2/b3-2-;. The number of hydrogen-bond acceptors (Lipinski definition) is 4. The van der Waals surface area contributed by atoms with E-state index in [4.69, 9.17) is 0 Å². The summed E-state index contributed by atoms with van der Waals surface area (Å²) in [5.74, 6) is -3.03. The van der Waals surface area contributed by atoms with E-state index in [2.05, 4.69) is 0 Å². The molecule has 0 aromatic heterocycles. The second kappa shape index (κ2) is 5.25. The van der Waals surface area contributed by atoms with Crippen molar-refractivity contribution < 1.29 is 19.8 Å². The second-order valence-corrected chi connectivity index (χ2v) is 1.43. The Labute approximate surface area is 73.7 Å². The van der Waals surface area contributed by atoms with Gasteiger partial charge in [0, 0.05) is 0 Å². The van der Waals surface area contributed by atoms with Crippen LogP contribution in [0.1, 0.15) is 6.92 Å². The molecule has 0 radical (unpaired) electrons. The van der Waals surface area contributed by atoms with E-state index in [0.29, 0.717) is 6.08 Å². The fourth-order valence-electron chi connectivity index (χ4n) is 0.236. The van der Waals surface area contributed by atoms with Crippen LogP contribution in [0.25, 0.3) is 0 Å². The molecule has 0 spiro atoms. The van der Waals surface area contributed by atoms with Crippen LogP contribution >= 0.6 is 0 Å². The van der Waals surface area contributed by atoms with E-state index in [9.17, 15) is 19.8 Å². The molecule has 50 valence electrons. The van der Waals surface area contributed by atoms with Gasteiger partial charge in [-0.1, -0.05) is 0 Å². The Morgan fingerprint density at radius 2 is 1.70 bits per heavy atom. The van der Waals surface area contributed by atoms with Gasteiger partial charge in [0.1, 0.15) is 0 Å². The minimum atomic E-state index is -1.53. The molecule has 0 aliphatic rings. The molecule has 0 N–H and O–H groups in total. The molecule has 0 atom stereocenters. The molecule has 0 fully saturated rings. The van der Waals surface area contributed by atoms with Gasteiger partial charge in [-0.25, -0.2) is 0 Å². The number of carbonyl (C=O) groups excluding carboxylic acids is 2. The first-order valence-electron chi connectivity index (χ1n) is 2.14. The van der Waals surface area contributed by atoms with E-state index in [-0.39, 0.29) is 28.6 Å². The Morgan fingerprint density at radius 3 is 1.80 bits per heavy atom. The fraction of sp³-hybridized carbons (Fsp3) is 0.200. The van der Waals surface area contributed by atoms with Crippen molar-refractivity contribution in [2.45, 2.75) is 6.92 Å². The second-order valence-electron chi connectivity index (χ2n) is 1.43. The first kappa shape index (κ1) is 12.2. The molecule has 0 unspecified atom stereocenters. The zero-order chi connectivity index (χ0) is 7.44. The third-order valence-corrected chi connectivity index (χ3v) is 0.656. The van der Waals surface area contributed by atoms with Crippen molar-refractivity contribution in [2.24, 2.45) is 0 Å². The van der Waals surface area contributed by atoms with Crippen LogP contribution in [0.4, 0.5) is 0 Å². The number of aliphatic carboxylic acids is 2. The Hall–Kier alpha value is -0.554. The summed E-state index contributed by atoms with van der Waals surface area (Å²) in [6.45, 7) is 1.12. The molecular weight excluding hydrogens is 148 g/mol. The third-order valence-electron chi connectivity index (χ3n) is 0.656. The van der Waals surface area contributed by atoms with Gasteiger partial charge < -0.3 is 19.8 Å². The van der Waals surface area contributed by atoms with Gasteiger partial charge in [0.2, 0.25) is 0 Å². The average molecular weight is 152 g/mol. The smallest absolute Gasteiger partial charge is 0.545 e. The first-order valence-corrected chi connectivity index (χ1v) is 2.14. The molecule has 0 saturated carbocycles. The van der Waals surface area contributed by atoms with E-state index in [1.807, 2.05) is 0 Å². The maximum absolute atomic E-state index is 9.76. The van der Waals surface area contributed by atoms with Crippen LogP contribution in [-0.2, 0) is 9.59 Å². The van der Waals surface area contributed by atoms with E-state index in [0.717, 1.165) is 6.92 Å². The van der Waals surface area contributed by atoms with Gasteiger partial charge in [-0.2, -0.15) is 0 Å². The van der Waals surface area contributed by atoms with Gasteiger partial charge in [-0.3, -0.25) is 0 Å². The van der Waals surface area contributed by atoms with Crippen molar-refractivity contribution in [1.82, 2.24) is 0 Å². The summed E-state index contributed by atoms with van der Waals surface area (Å²) in [7, 11) is 0. The monoisotopic (exact) mass is 152 g/mol. The molecule has 4 nitrogen and oxygen atoms in total. The van der Waals surface area contributed by atoms with E-state index < -0.39 is 11.9 Å². The largest absolute Gasteiger partial charge is 2.00 e. The third kappa shape index (κ3) is 5.58. The van der Waals surface area contributed by atoms with Crippen molar-refractivity contribution in [3.8, 4) is 0 Å². The van der Waals surface area contributed by atoms with Gasteiger partial charge in [-0.15, -0.1) is 0 Å². The zero-order valence-electron chi connectivity index (χ0n) is 5.42. The summed E-state index contributed by atoms with van der Waals surface area (Å²) in [4.78, 5) is 19.4. The minimum absolute atomic E-state index is 0. The van der Waals surface area contributed by atoms with Gasteiger partial charge >= 0.3 is 23.1 Å². The number of carboxylic acid groups (broad SMARTS) is 2. The SMILES string of the molecule is C/C(=C/C(=O)[O-])C(=O)[O-].[Mg+2]. The van der Waals surface area contributed by atoms with Gasteiger partial charge in [0.25, 0.3) is 0 Å². The molecule has 0 rings (SSSR count). The number of carbonyl (C=O) groups is 2. The molecule has 0 amide bonds. The molecule has 0 saturated heterocycles. The maximum Gasteiger partial charge on any atom is 2.00 e. The van der Waals surface area contributed by atoms with Crippen molar-refractivity contribution >= 4 is 35.0 Å². The topological polar surface area (TPSA) is 80.3 Å². The Kier molecular flexibility index (Phi) is 6.38. The van der Waals surface area contributed by atoms with Crippen LogP contribution in [-0.4, -0.2) is 35.0 Å². The molecular formula is C5H4MgO4. The Morgan fingerprint density at radius 1 is 1.30 bits per heavy atom. The van der Waals surface area contributed by atoms with E-state index in [1.54, 1.807) is 0 Å². The van der Waals surface area contributed by atoms with Crippen molar-refractivity contribution in [3.63, 3.8) is 0 Å². The molecule has 5 heteroatoms. The average Bonchev–Trinajstić information content (AvgIpc) is 1.63. The summed E-state index contributed by atoms with van der Waals surface area (Å²) >= 11 is 0. The summed E-state index contributed by atoms with van der Waals surface area (Å²) in [5, 5.41) is 19.4. The maximum atomic E-state index is 9.76. The van der Waals surface area contributed by atoms with Gasteiger partial charge in [0.15, 0.2) is 0 Å². The molecule has 0 aromatic carbocycles. The van der Waals surface area contributed by atoms with Gasteiger partial charge in [-0.05, 0) is 18.6 Å². The van der Waals surface area contributed by atoms with Crippen LogP contribution in [0, 0.1) is 0 Å². The number of rotatable bonds is 2. The van der Waals surface area contributed by atoms with E-state index >= 15 is 0 Å². The van der Waals surface area contributed by atoms with Crippen molar-refractivity contribution in [3.05, 3.63) is 11.6 Å². The number of carboxylic acids is 2. The van der Waals surface area contributed by atoms with Crippen LogP contribution in [0.15, 0.2) is 11.6 Å². The summed E-state index contributed by atoms with van der Waals surface area (Å²) in [5.41, 5.74) is -0.352. The zero-order valence-corrected chi connectivity index (χ0v) is 6.83. The molecule has 0 aliphatic carbocycles. The van der Waals surface area contributed by atoms with Crippen LogP contribution in [0.5, 0.6) is 0 Å². The van der Waals surface area contributed by atoms with E-state index in [1.165, 1.54) is 0 Å². The molecule has 0 aliphatic heterocycles. The first-order chi connectivity index (χ1) is 4.04. The van der Waals surface area contributed by atoms with Crippen LogP contribution in [0.2, 0.25) is 0 Å². The summed E-state index contributed by atoms with van der Waals surface area (Å²) in [6.07, 6.45) is 0.468. The normalized spacial score (nSPS) is 9.90.